The molecular weight excluding hydrogens is 1200 g/mol. The van der Waals surface area contributed by atoms with E-state index in [1.165, 1.54) is 128 Å². The first-order valence-corrected chi connectivity index (χ1v) is 39.7. The van der Waals surface area contributed by atoms with Gasteiger partial charge in [0.25, 0.3) is 0 Å². The molecule has 7 atom stereocenters. The quantitative estimate of drug-likeness (QED) is 0.0169. The summed E-state index contributed by atoms with van der Waals surface area (Å²) in [5.41, 5.74) is 0. The van der Waals surface area contributed by atoms with Crippen LogP contribution in [0.25, 0.3) is 0 Å². The number of ether oxygens (including phenoxy) is 4. The van der Waals surface area contributed by atoms with Crippen molar-refractivity contribution in [2.75, 3.05) is 39.6 Å². The molecule has 0 bridgehead atoms. The normalized spacial score (nSPS) is 14.9. The van der Waals surface area contributed by atoms with E-state index >= 15 is 0 Å². The van der Waals surface area contributed by atoms with Gasteiger partial charge >= 0.3 is 39.5 Å². The van der Waals surface area contributed by atoms with Crippen LogP contribution >= 0.6 is 15.6 Å². The predicted octanol–water partition coefficient (Wildman–Crippen LogP) is 20.2. The van der Waals surface area contributed by atoms with Gasteiger partial charge in [-0.05, 0) is 69.1 Å². The molecule has 0 spiro atoms. The van der Waals surface area contributed by atoms with Crippen molar-refractivity contribution in [1.29, 1.82) is 0 Å². The van der Waals surface area contributed by atoms with E-state index in [0.717, 1.165) is 127 Å². The Balaban J connectivity index is 5.31. The van der Waals surface area contributed by atoms with Gasteiger partial charge in [0.15, 0.2) is 12.2 Å². The van der Waals surface area contributed by atoms with Crippen LogP contribution in [-0.2, 0) is 65.4 Å². The Morgan fingerprint density at radius 1 is 0.363 bits per heavy atom. The smallest absolute Gasteiger partial charge is 0.462 e. The number of hydrogen-bond donors (Lipinski definition) is 3. The summed E-state index contributed by atoms with van der Waals surface area (Å²) in [7, 11) is -9.92. The van der Waals surface area contributed by atoms with Crippen molar-refractivity contribution < 1.29 is 80.2 Å². The molecule has 0 aliphatic rings. The minimum Gasteiger partial charge on any atom is -0.462 e. The van der Waals surface area contributed by atoms with Crippen molar-refractivity contribution >= 4 is 39.5 Å². The molecule has 536 valence electrons. The second-order valence-corrected chi connectivity index (χ2v) is 29.2. The number of carbonyl (C=O) groups excluding carboxylic acids is 4. The van der Waals surface area contributed by atoms with Crippen LogP contribution in [0.15, 0.2) is 24.3 Å². The highest BCUT2D eigenvalue weighted by atomic mass is 31.2. The third kappa shape index (κ3) is 63.4. The van der Waals surface area contributed by atoms with Gasteiger partial charge < -0.3 is 33.8 Å². The van der Waals surface area contributed by atoms with Gasteiger partial charge in [0, 0.05) is 25.7 Å². The molecule has 0 aliphatic carbocycles. The number of aliphatic hydroxyl groups is 1. The fourth-order valence-electron chi connectivity index (χ4n) is 10.3. The topological polar surface area (TPSA) is 237 Å². The summed E-state index contributed by atoms with van der Waals surface area (Å²) in [5, 5.41) is 10.6. The number of phosphoric ester groups is 2. The molecule has 0 amide bonds. The standard InChI is InChI=1S/C72H136O17P2/c1-8-11-12-13-14-15-16-17-18-19-20-26-32-41-48-55-71(76)88-67(59-82-69(74)53-46-39-31-28-23-24-29-36-43-50-63(4)5)61-86-90(78,79)84-57-66(73)58-85-91(80,81)87-62-68(60-83-70(75)54-47-40-35-34-38-45-52-65(7)10-3)89-72(77)56-49-42-33-27-22-21-25-30-37-44-51-64(6)9-2/h15-18,63-68,73H,8-14,19-62H2,1-7H3,(H,78,79)(H,80,81)/b16-15-,18-17-/t64?,65?,66-,67-,68-/m1/s1. The van der Waals surface area contributed by atoms with Crippen LogP contribution in [0.4, 0.5) is 0 Å². The molecule has 0 heterocycles. The first-order chi connectivity index (χ1) is 43.8. The van der Waals surface area contributed by atoms with Crippen molar-refractivity contribution in [3.8, 4) is 0 Å². The Labute approximate surface area is 554 Å². The second kappa shape index (κ2) is 62.4. The summed E-state index contributed by atoms with van der Waals surface area (Å²) in [6.07, 6.45) is 49.3. The van der Waals surface area contributed by atoms with Gasteiger partial charge in [0.1, 0.15) is 19.3 Å². The van der Waals surface area contributed by atoms with Crippen LogP contribution < -0.4 is 0 Å². The number of aliphatic hydroxyl groups excluding tert-OH is 1. The molecule has 0 saturated heterocycles. The number of phosphoric acid groups is 2. The Morgan fingerprint density at radius 2 is 0.648 bits per heavy atom. The van der Waals surface area contributed by atoms with Gasteiger partial charge in [-0.3, -0.25) is 37.3 Å². The highest BCUT2D eigenvalue weighted by molar-refractivity contribution is 7.47. The Bertz CT molecular complexity index is 1880. The first-order valence-electron chi connectivity index (χ1n) is 36.7. The second-order valence-electron chi connectivity index (χ2n) is 26.3. The number of rotatable bonds is 68. The average molecular weight is 1340 g/mol. The zero-order valence-corrected chi connectivity index (χ0v) is 60.6. The maximum absolute atomic E-state index is 13.0. The monoisotopic (exact) mass is 1330 g/mol. The third-order valence-electron chi connectivity index (χ3n) is 16.7. The minimum absolute atomic E-state index is 0.0841. The van der Waals surface area contributed by atoms with Crippen molar-refractivity contribution in [3.63, 3.8) is 0 Å². The Kier molecular flexibility index (Phi) is 60.7. The average Bonchev–Trinajstić information content (AvgIpc) is 3.45. The fourth-order valence-corrected chi connectivity index (χ4v) is 11.9. The number of hydrogen-bond acceptors (Lipinski definition) is 15. The number of esters is 4. The lowest BCUT2D eigenvalue weighted by Crippen LogP contribution is -2.30. The summed E-state index contributed by atoms with van der Waals surface area (Å²) >= 11 is 0. The van der Waals surface area contributed by atoms with Crippen LogP contribution in [0.3, 0.4) is 0 Å². The van der Waals surface area contributed by atoms with Crippen LogP contribution in [-0.4, -0.2) is 96.7 Å². The van der Waals surface area contributed by atoms with E-state index < -0.39 is 97.5 Å². The Hall–Kier alpha value is -2.46. The van der Waals surface area contributed by atoms with E-state index in [1.807, 2.05) is 0 Å². The lowest BCUT2D eigenvalue weighted by atomic mass is 9.99. The maximum Gasteiger partial charge on any atom is 0.472 e. The molecule has 91 heavy (non-hydrogen) atoms. The van der Waals surface area contributed by atoms with Crippen LogP contribution in [0.5, 0.6) is 0 Å². The third-order valence-corrected chi connectivity index (χ3v) is 18.6. The predicted molar refractivity (Wildman–Crippen MR) is 367 cm³/mol. The summed E-state index contributed by atoms with van der Waals surface area (Å²) in [5.74, 6) is 0.116. The minimum atomic E-state index is -4.96. The molecule has 0 saturated carbocycles. The van der Waals surface area contributed by atoms with Gasteiger partial charge in [-0.15, -0.1) is 0 Å². The molecule has 0 radical (unpaired) electrons. The van der Waals surface area contributed by atoms with Gasteiger partial charge in [-0.25, -0.2) is 9.13 Å². The van der Waals surface area contributed by atoms with Crippen LogP contribution in [0.1, 0.15) is 337 Å². The van der Waals surface area contributed by atoms with E-state index in [1.54, 1.807) is 0 Å². The highest BCUT2D eigenvalue weighted by Gasteiger charge is 2.30. The van der Waals surface area contributed by atoms with E-state index in [0.29, 0.717) is 25.7 Å². The molecular formula is C72H136O17P2. The summed E-state index contributed by atoms with van der Waals surface area (Å²) in [6, 6.07) is 0. The van der Waals surface area contributed by atoms with Crippen molar-refractivity contribution in [3.05, 3.63) is 24.3 Å². The SMILES string of the molecule is CCCCCC/C=C\C=C/CCCCCCCC(=O)O[C@H](COC(=O)CCCCCCCCCCCC(C)C)COP(=O)(O)OC[C@@H](O)COP(=O)(O)OC[C@@H](COC(=O)CCCCCCCCC(C)CC)OC(=O)CCCCCCCCCCCCC(C)CC. The molecule has 17 nitrogen and oxygen atoms in total. The molecule has 19 heteroatoms. The lowest BCUT2D eigenvalue weighted by Gasteiger charge is -2.21. The van der Waals surface area contributed by atoms with E-state index in [-0.39, 0.29) is 25.7 Å². The molecule has 0 aromatic heterocycles. The lowest BCUT2D eigenvalue weighted by molar-refractivity contribution is -0.161. The zero-order chi connectivity index (χ0) is 67.3. The van der Waals surface area contributed by atoms with Gasteiger partial charge in [0.05, 0.1) is 26.4 Å². The molecule has 3 N–H and O–H groups in total. The van der Waals surface area contributed by atoms with E-state index in [2.05, 4.69) is 72.8 Å². The first kappa shape index (κ1) is 88.5. The van der Waals surface area contributed by atoms with Crippen molar-refractivity contribution in [2.24, 2.45) is 17.8 Å². The highest BCUT2D eigenvalue weighted by Crippen LogP contribution is 2.45. The number of carbonyl (C=O) groups is 4. The van der Waals surface area contributed by atoms with Crippen molar-refractivity contribution in [2.45, 2.75) is 356 Å². The molecule has 0 aliphatic heterocycles. The molecule has 4 unspecified atom stereocenters. The van der Waals surface area contributed by atoms with Crippen molar-refractivity contribution in [1.82, 2.24) is 0 Å². The molecule has 0 aromatic rings. The molecule has 0 fully saturated rings. The van der Waals surface area contributed by atoms with Crippen LogP contribution in [0, 0.1) is 17.8 Å². The molecule has 0 aromatic carbocycles. The van der Waals surface area contributed by atoms with E-state index in [4.69, 9.17) is 37.0 Å². The molecule has 0 rings (SSSR count). The summed E-state index contributed by atoms with van der Waals surface area (Å²) < 4.78 is 68.3. The summed E-state index contributed by atoms with van der Waals surface area (Å²) in [6.45, 7) is 11.8. The summed E-state index contributed by atoms with van der Waals surface area (Å²) in [4.78, 5) is 72.6. The number of unbranched alkanes of at least 4 members (excludes halogenated alkanes) is 31. The fraction of sp³-hybridized carbons (Fsp3) is 0.889. The van der Waals surface area contributed by atoms with E-state index in [9.17, 15) is 43.2 Å². The van der Waals surface area contributed by atoms with Gasteiger partial charge in [-0.2, -0.15) is 0 Å². The Morgan fingerprint density at radius 3 is 0.978 bits per heavy atom. The number of allylic oxidation sites excluding steroid dienone is 4. The van der Waals surface area contributed by atoms with Gasteiger partial charge in [-0.1, -0.05) is 285 Å². The largest absolute Gasteiger partial charge is 0.472 e. The maximum atomic E-state index is 13.0. The van der Waals surface area contributed by atoms with Gasteiger partial charge in [0.2, 0.25) is 0 Å². The van der Waals surface area contributed by atoms with Crippen LogP contribution in [0.2, 0.25) is 0 Å². The zero-order valence-electron chi connectivity index (χ0n) is 58.8.